The topological polar surface area (TPSA) is 16.1 Å². The Morgan fingerprint density at radius 1 is 1.29 bits per heavy atom. The standard InChI is InChI=1S/C12H15Cl3N2/c1-7(2)8-3-4-17(6-8)12-10(14)5-9(13)11(15)16-12/h5,7-8H,3-4,6H2,1-2H3. The molecule has 2 rings (SSSR count). The second kappa shape index (κ2) is 5.21. The van der Waals surface area contributed by atoms with Crippen LogP contribution in [0.25, 0.3) is 0 Å². The molecule has 1 fully saturated rings. The molecule has 1 unspecified atom stereocenters. The van der Waals surface area contributed by atoms with Crippen molar-refractivity contribution in [2.75, 3.05) is 18.0 Å². The summed E-state index contributed by atoms with van der Waals surface area (Å²) in [6, 6.07) is 1.66. The molecule has 1 atom stereocenters. The Hall–Kier alpha value is -0.180. The molecule has 2 nitrogen and oxygen atoms in total. The van der Waals surface area contributed by atoms with Crippen molar-refractivity contribution >= 4 is 40.6 Å². The van der Waals surface area contributed by atoms with Gasteiger partial charge in [-0.15, -0.1) is 0 Å². The van der Waals surface area contributed by atoms with Gasteiger partial charge in [0.05, 0.1) is 10.0 Å². The normalized spacial score (nSPS) is 20.4. The lowest BCUT2D eigenvalue weighted by Crippen LogP contribution is -2.22. The average molecular weight is 294 g/mol. The lowest BCUT2D eigenvalue weighted by atomic mass is 9.95. The SMILES string of the molecule is CC(C)C1CCN(c2nc(Cl)c(Cl)cc2Cl)C1. The third-order valence-electron chi connectivity index (χ3n) is 3.34. The first-order chi connectivity index (χ1) is 7.99. The molecule has 0 spiro atoms. The number of halogens is 3. The van der Waals surface area contributed by atoms with Gasteiger partial charge in [0.15, 0.2) is 0 Å². The highest BCUT2D eigenvalue weighted by molar-refractivity contribution is 6.42. The van der Waals surface area contributed by atoms with E-state index in [0.717, 1.165) is 18.9 Å². The summed E-state index contributed by atoms with van der Waals surface area (Å²) in [5.41, 5.74) is 0. The van der Waals surface area contributed by atoms with Crippen LogP contribution >= 0.6 is 34.8 Å². The molecule has 2 heterocycles. The van der Waals surface area contributed by atoms with Gasteiger partial charge >= 0.3 is 0 Å². The molecule has 0 bridgehead atoms. The van der Waals surface area contributed by atoms with Gasteiger partial charge in [-0.05, 0) is 24.3 Å². The first-order valence-corrected chi connectivity index (χ1v) is 6.89. The van der Waals surface area contributed by atoms with Crippen molar-refractivity contribution in [3.63, 3.8) is 0 Å². The maximum absolute atomic E-state index is 6.16. The summed E-state index contributed by atoms with van der Waals surface area (Å²) in [7, 11) is 0. The summed E-state index contributed by atoms with van der Waals surface area (Å²) in [5.74, 6) is 2.13. The minimum atomic E-state index is 0.319. The number of aromatic nitrogens is 1. The van der Waals surface area contributed by atoms with Gasteiger partial charge in [0, 0.05) is 13.1 Å². The number of pyridine rings is 1. The van der Waals surface area contributed by atoms with Gasteiger partial charge in [0.25, 0.3) is 0 Å². The Kier molecular flexibility index (Phi) is 4.06. The van der Waals surface area contributed by atoms with Gasteiger partial charge < -0.3 is 4.90 Å². The van der Waals surface area contributed by atoms with Gasteiger partial charge in [-0.3, -0.25) is 0 Å². The second-order valence-corrected chi connectivity index (χ2v) is 5.98. The highest BCUT2D eigenvalue weighted by atomic mass is 35.5. The van der Waals surface area contributed by atoms with Crippen molar-refractivity contribution in [3.8, 4) is 0 Å². The Balaban J connectivity index is 2.22. The molecule has 0 aromatic carbocycles. The first kappa shape index (κ1) is 13.3. The maximum Gasteiger partial charge on any atom is 0.150 e. The molecule has 1 aliphatic rings. The van der Waals surface area contributed by atoms with Gasteiger partial charge in [0.2, 0.25) is 0 Å². The van der Waals surface area contributed by atoms with Crippen molar-refractivity contribution in [1.29, 1.82) is 0 Å². The van der Waals surface area contributed by atoms with E-state index >= 15 is 0 Å². The molecule has 1 aliphatic heterocycles. The van der Waals surface area contributed by atoms with E-state index in [1.54, 1.807) is 6.07 Å². The molecule has 0 N–H and O–H groups in total. The third kappa shape index (κ3) is 2.81. The molecule has 0 amide bonds. The van der Waals surface area contributed by atoms with Gasteiger partial charge in [-0.2, -0.15) is 0 Å². The Labute approximate surface area is 117 Å². The van der Waals surface area contributed by atoms with E-state index in [1.807, 2.05) is 0 Å². The van der Waals surface area contributed by atoms with Crippen LogP contribution in [0.3, 0.4) is 0 Å². The van der Waals surface area contributed by atoms with Gasteiger partial charge in [-0.25, -0.2) is 4.98 Å². The van der Waals surface area contributed by atoms with Gasteiger partial charge in [-0.1, -0.05) is 48.7 Å². The van der Waals surface area contributed by atoms with Crippen molar-refractivity contribution in [2.45, 2.75) is 20.3 Å². The molecular formula is C12H15Cl3N2. The fourth-order valence-corrected chi connectivity index (χ4v) is 2.79. The molecule has 1 aromatic heterocycles. The highest BCUT2D eigenvalue weighted by Crippen LogP contribution is 2.35. The summed E-state index contributed by atoms with van der Waals surface area (Å²) in [4.78, 5) is 6.47. The Bertz CT molecular complexity index is 420. The van der Waals surface area contributed by atoms with Crippen LogP contribution in [-0.2, 0) is 0 Å². The van der Waals surface area contributed by atoms with E-state index < -0.39 is 0 Å². The van der Waals surface area contributed by atoms with Crippen molar-refractivity contribution < 1.29 is 0 Å². The minimum absolute atomic E-state index is 0.319. The Morgan fingerprint density at radius 3 is 2.59 bits per heavy atom. The highest BCUT2D eigenvalue weighted by Gasteiger charge is 2.27. The van der Waals surface area contributed by atoms with Crippen LogP contribution in [0.1, 0.15) is 20.3 Å². The van der Waals surface area contributed by atoms with Crippen molar-refractivity contribution in [2.24, 2.45) is 11.8 Å². The average Bonchev–Trinajstić information content (AvgIpc) is 2.72. The minimum Gasteiger partial charge on any atom is -0.355 e. The van der Waals surface area contributed by atoms with Crippen LogP contribution in [-0.4, -0.2) is 18.1 Å². The van der Waals surface area contributed by atoms with Crippen molar-refractivity contribution in [3.05, 3.63) is 21.3 Å². The molecule has 1 saturated heterocycles. The summed E-state index contributed by atoms with van der Waals surface area (Å²) in [5, 5.41) is 1.29. The van der Waals surface area contributed by atoms with E-state index in [4.69, 9.17) is 34.8 Å². The number of nitrogens with zero attached hydrogens (tertiary/aromatic N) is 2. The van der Waals surface area contributed by atoms with Crippen LogP contribution in [0.4, 0.5) is 5.82 Å². The monoisotopic (exact) mass is 292 g/mol. The third-order valence-corrected chi connectivity index (χ3v) is 4.29. The number of rotatable bonds is 2. The molecule has 5 heteroatoms. The molecular weight excluding hydrogens is 279 g/mol. The quantitative estimate of drug-likeness (QED) is 0.745. The molecule has 0 radical (unpaired) electrons. The van der Waals surface area contributed by atoms with E-state index in [1.165, 1.54) is 6.42 Å². The molecule has 17 heavy (non-hydrogen) atoms. The largest absolute Gasteiger partial charge is 0.355 e. The number of hydrogen-bond donors (Lipinski definition) is 0. The van der Waals surface area contributed by atoms with Crippen LogP contribution in [0, 0.1) is 11.8 Å². The van der Waals surface area contributed by atoms with E-state index in [-0.39, 0.29) is 0 Å². The van der Waals surface area contributed by atoms with E-state index in [9.17, 15) is 0 Å². The van der Waals surface area contributed by atoms with Crippen LogP contribution in [0.15, 0.2) is 6.07 Å². The summed E-state index contributed by atoms with van der Waals surface area (Å²) >= 11 is 18.0. The fourth-order valence-electron chi connectivity index (χ4n) is 2.18. The number of hydrogen-bond acceptors (Lipinski definition) is 2. The maximum atomic E-state index is 6.16. The zero-order valence-corrected chi connectivity index (χ0v) is 12.1. The smallest absolute Gasteiger partial charge is 0.150 e. The van der Waals surface area contributed by atoms with Gasteiger partial charge in [0.1, 0.15) is 11.0 Å². The summed E-state index contributed by atoms with van der Waals surface area (Å²) in [6.07, 6.45) is 1.18. The fraction of sp³-hybridized carbons (Fsp3) is 0.583. The van der Waals surface area contributed by atoms with Crippen LogP contribution < -0.4 is 4.90 Å². The Morgan fingerprint density at radius 2 is 2.00 bits per heavy atom. The molecule has 94 valence electrons. The predicted octanol–water partition coefficient (Wildman–Crippen LogP) is 4.52. The second-order valence-electron chi connectivity index (χ2n) is 4.81. The van der Waals surface area contributed by atoms with E-state index in [0.29, 0.717) is 27.0 Å². The lowest BCUT2D eigenvalue weighted by Gasteiger charge is -2.20. The van der Waals surface area contributed by atoms with Crippen LogP contribution in [0.2, 0.25) is 15.2 Å². The lowest BCUT2D eigenvalue weighted by molar-refractivity contribution is 0.422. The predicted molar refractivity (Wildman–Crippen MR) is 74.4 cm³/mol. The molecule has 0 saturated carbocycles. The van der Waals surface area contributed by atoms with Crippen LogP contribution in [0.5, 0.6) is 0 Å². The summed E-state index contributed by atoms with van der Waals surface area (Å²) < 4.78 is 0. The summed E-state index contributed by atoms with van der Waals surface area (Å²) in [6.45, 7) is 6.46. The van der Waals surface area contributed by atoms with E-state index in [2.05, 4.69) is 23.7 Å². The zero-order chi connectivity index (χ0) is 12.6. The first-order valence-electron chi connectivity index (χ1n) is 5.75. The number of anilines is 1. The van der Waals surface area contributed by atoms with Crippen molar-refractivity contribution in [1.82, 2.24) is 4.98 Å². The zero-order valence-electron chi connectivity index (χ0n) is 9.88. The molecule has 0 aliphatic carbocycles. The molecule has 1 aromatic rings.